The molecule has 0 saturated carbocycles. The number of benzene rings is 1. The number of hydrogen-bond acceptors (Lipinski definition) is 3. The van der Waals surface area contributed by atoms with Crippen molar-refractivity contribution in [2.45, 2.75) is 20.4 Å². The average molecular weight is 323 g/mol. The van der Waals surface area contributed by atoms with E-state index in [1.165, 1.54) is 10.4 Å². The number of halogens is 1. The molecule has 0 aliphatic heterocycles. The fourth-order valence-corrected chi connectivity index (χ4v) is 3.20. The first-order valence-electron chi connectivity index (χ1n) is 6.74. The first kappa shape index (κ1) is 16.0. The van der Waals surface area contributed by atoms with Gasteiger partial charge < -0.3 is 5.32 Å². The van der Waals surface area contributed by atoms with Gasteiger partial charge in [0.05, 0.1) is 6.54 Å². The van der Waals surface area contributed by atoms with E-state index in [4.69, 9.17) is 11.6 Å². The van der Waals surface area contributed by atoms with Crippen LogP contribution in [0.2, 0.25) is 5.02 Å². The zero-order valence-corrected chi connectivity index (χ0v) is 14.0. The molecule has 1 aromatic heterocycles. The molecule has 1 heterocycles. The van der Waals surface area contributed by atoms with Crippen LogP contribution in [-0.4, -0.2) is 24.4 Å². The summed E-state index contributed by atoms with van der Waals surface area (Å²) in [4.78, 5) is 15.4. The van der Waals surface area contributed by atoms with Crippen molar-refractivity contribution in [3.63, 3.8) is 0 Å². The first-order valence-corrected chi connectivity index (χ1v) is 7.99. The molecule has 0 unspecified atom stereocenters. The van der Waals surface area contributed by atoms with E-state index in [-0.39, 0.29) is 5.91 Å². The van der Waals surface area contributed by atoms with Crippen LogP contribution in [0.1, 0.15) is 16.0 Å². The number of carbonyl (C=O) groups is 1. The number of likely N-dealkylation sites (N-methyl/N-ethyl adjacent to an activating group) is 1. The van der Waals surface area contributed by atoms with Crippen molar-refractivity contribution in [1.82, 2.24) is 4.90 Å². The molecule has 0 aliphatic rings. The van der Waals surface area contributed by atoms with Crippen molar-refractivity contribution in [1.29, 1.82) is 0 Å². The van der Waals surface area contributed by atoms with Gasteiger partial charge in [-0.2, -0.15) is 0 Å². The summed E-state index contributed by atoms with van der Waals surface area (Å²) in [6, 6.07) is 7.62. The number of carbonyl (C=O) groups excluding carboxylic acids is 1. The second-order valence-electron chi connectivity index (χ2n) is 5.16. The summed E-state index contributed by atoms with van der Waals surface area (Å²) in [6.45, 7) is 5.13. The lowest BCUT2D eigenvalue weighted by atomic mass is 10.2. The van der Waals surface area contributed by atoms with Crippen LogP contribution in [0.25, 0.3) is 0 Å². The molecule has 0 radical (unpaired) electrons. The fourth-order valence-electron chi connectivity index (χ4n) is 2.04. The summed E-state index contributed by atoms with van der Waals surface area (Å²) >= 11 is 7.78. The highest BCUT2D eigenvalue weighted by Crippen LogP contribution is 2.23. The van der Waals surface area contributed by atoms with E-state index >= 15 is 0 Å². The third kappa shape index (κ3) is 4.30. The number of nitrogens with one attached hydrogen (secondary N) is 1. The largest absolute Gasteiger partial charge is 0.325 e. The van der Waals surface area contributed by atoms with E-state index in [0.717, 1.165) is 17.8 Å². The van der Waals surface area contributed by atoms with Gasteiger partial charge in [0.1, 0.15) is 0 Å². The van der Waals surface area contributed by atoms with Gasteiger partial charge >= 0.3 is 0 Å². The monoisotopic (exact) mass is 322 g/mol. The van der Waals surface area contributed by atoms with Crippen LogP contribution in [0.3, 0.4) is 0 Å². The highest BCUT2D eigenvalue weighted by Gasteiger charge is 2.11. The van der Waals surface area contributed by atoms with Crippen LogP contribution in [0.15, 0.2) is 29.6 Å². The maximum Gasteiger partial charge on any atom is 0.238 e. The van der Waals surface area contributed by atoms with Crippen LogP contribution in [0, 0.1) is 13.8 Å². The van der Waals surface area contributed by atoms with Crippen molar-refractivity contribution in [3.05, 3.63) is 50.7 Å². The van der Waals surface area contributed by atoms with Gasteiger partial charge in [-0.3, -0.25) is 9.69 Å². The summed E-state index contributed by atoms with van der Waals surface area (Å²) in [5.74, 6) is -0.0305. The number of hydrogen-bond donors (Lipinski definition) is 1. The number of rotatable bonds is 5. The quantitative estimate of drug-likeness (QED) is 0.899. The summed E-state index contributed by atoms with van der Waals surface area (Å²) in [5, 5.41) is 5.65. The second-order valence-corrected chi connectivity index (χ2v) is 6.57. The summed E-state index contributed by atoms with van der Waals surface area (Å²) in [6.07, 6.45) is 0. The standard InChI is InChI=1S/C16H19ClN2OS/c1-11-7-8-21-15(11)9-19(3)10-16(20)18-14-6-4-5-13(17)12(14)2/h4-8H,9-10H2,1-3H3,(H,18,20). The SMILES string of the molecule is Cc1ccsc1CN(C)CC(=O)Nc1cccc(Cl)c1C. The molecular weight excluding hydrogens is 304 g/mol. The van der Waals surface area contributed by atoms with E-state index in [1.807, 2.05) is 37.1 Å². The minimum atomic E-state index is -0.0305. The molecule has 0 aliphatic carbocycles. The summed E-state index contributed by atoms with van der Waals surface area (Å²) < 4.78 is 0. The lowest BCUT2D eigenvalue weighted by molar-refractivity contribution is -0.117. The van der Waals surface area contributed by atoms with Gasteiger partial charge in [0, 0.05) is 22.1 Å². The summed E-state index contributed by atoms with van der Waals surface area (Å²) in [7, 11) is 1.95. The predicted molar refractivity (Wildman–Crippen MR) is 90.2 cm³/mol. The Balaban J connectivity index is 1.92. The minimum Gasteiger partial charge on any atom is -0.325 e. The van der Waals surface area contributed by atoms with E-state index < -0.39 is 0 Å². The minimum absolute atomic E-state index is 0.0305. The van der Waals surface area contributed by atoms with E-state index in [9.17, 15) is 4.79 Å². The molecule has 0 fully saturated rings. The van der Waals surface area contributed by atoms with Crippen molar-refractivity contribution in [3.8, 4) is 0 Å². The molecular formula is C16H19ClN2OS. The Morgan fingerprint density at radius 3 is 2.76 bits per heavy atom. The van der Waals surface area contributed by atoms with Gasteiger partial charge in [0.25, 0.3) is 0 Å². The lowest BCUT2D eigenvalue weighted by Crippen LogP contribution is -2.30. The summed E-state index contributed by atoms with van der Waals surface area (Å²) in [5.41, 5.74) is 2.94. The number of thiophene rings is 1. The van der Waals surface area contributed by atoms with Crippen molar-refractivity contribution in [2.24, 2.45) is 0 Å². The lowest BCUT2D eigenvalue weighted by Gasteiger charge is -2.17. The van der Waals surface area contributed by atoms with Gasteiger partial charge in [0.15, 0.2) is 0 Å². The molecule has 5 heteroatoms. The van der Waals surface area contributed by atoms with Crippen molar-refractivity contribution < 1.29 is 4.79 Å². The van der Waals surface area contributed by atoms with Gasteiger partial charge in [-0.1, -0.05) is 17.7 Å². The van der Waals surface area contributed by atoms with E-state index in [1.54, 1.807) is 11.3 Å². The van der Waals surface area contributed by atoms with E-state index in [0.29, 0.717) is 11.6 Å². The maximum absolute atomic E-state index is 12.1. The molecule has 0 spiro atoms. The topological polar surface area (TPSA) is 32.3 Å². The Hall–Kier alpha value is -1.36. The Bertz CT molecular complexity index is 639. The first-order chi connectivity index (χ1) is 9.97. The molecule has 2 rings (SSSR count). The van der Waals surface area contributed by atoms with Crippen LogP contribution in [-0.2, 0) is 11.3 Å². The third-order valence-corrected chi connectivity index (χ3v) is 4.75. The Labute approximate surface area is 134 Å². The number of nitrogens with zero attached hydrogens (tertiary/aromatic N) is 1. The smallest absolute Gasteiger partial charge is 0.238 e. The third-order valence-electron chi connectivity index (χ3n) is 3.34. The number of amides is 1. The predicted octanol–water partition coefficient (Wildman–Crippen LogP) is 4.09. The Kier molecular flexibility index (Phi) is 5.39. The van der Waals surface area contributed by atoms with Gasteiger partial charge in [0.2, 0.25) is 5.91 Å². The second kappa shape index (κ2) is 7.07. The van der Waals surface area contributed by atoms with Gasteiger partial charge in [-0.05, 0) is 55.6 Å². The molecule has 0 saturated heterocycles. The molecule has 2 aromatic rings. The molecule has 3 nitrogen and oxygen atoms in total. The number of anilines is 1. The Morgan fingerprint density at radius 1 is 1.33 bits per heavy atom. The molecule has 21 heavy (non-hydrogen) atoms. The molecule has 0 bridgehead atoms. The average Bonchev–Trinajstić information content (AvgIpc) is 2.80. The molecule has 112 valence electrons. The molecule has 1 N–H and O–H groups in total. The van der Waals surface area contributed by atoms with E-state index in [2.05, 4.69) is 23.7 Å². The van der Waals surface area contributed by atoms with Crippen LogP contribution < -0.4 is 5.32 Å². The highest BCUT2D eigenvalue weighted by atomic mass is 35.5. The van der Waals surface area contributed by atoms with Gasteiger partial charge in [-0.15, -0.1) is 11.3 Å². The van der Waals surface area contributed by atoms with Crippen molar-refractivity contribution >= 4 is 34.5 Å². The zero-order valence-electron chi connectivity index (χ0n) is 12.4. The van der Waals surface area contributed by atoms with Crippen molar-refractivity contribution in [2.75, 3.05) is 18.9 Å². The molecule has 1 aromatic carbocycles. The maximum atomic E-state index is 12.1. The molecule has 1 amide bonds. The zero-order chi connectivity index (χ0) is 15.4. The number of aryl methyl sites for hydroxylation is 1. The van der Waals surface area contributed by atoms with Crippen LogP contribution in [0.4, 0.5) is 5.69 Å². The molecule has 0 atom stereocenters. The van der Waals surface area contributed by atoms with Crippen LogP contribution >= 0.6 is 22.9 Å². The Morgan fingerprint density at radius 2 is 2.10 bits per heavy atom. The normalized spacial score (nSPS) is 10.9. The van der Waals surface area contributed by atoms with Gasteiger partial charge in [-0.25, -0.2) is 0 Å². The fraction of sp³-hybridized carbons (Fsp3) is 0.312. The van der Waals surface area contributed by atoms with Crippen LogP contribution in [0.5, 0.6) is 0 Å². The highest BCUT2D eigenvalue weighted by molar-refractivity contribution is 7.10.